The molecule has 0 radical (unpaired) electrons. The zero-order valence-corrected chi connectivity index (χ0v) is 89.3. The third kappa shape index (κ3) is 40.1. The lowest BCUT2D eigenvalue weighted by Crippen LogP contribution is -2.29. The van der Waals surface area contributed by atoms with Crippen LogP contribution >= 0.6 is 46.1 Å². The summed E-state index contributed by atoms with van der Waals surface area (Å²) in [6.45, 7) is 33.4. The molecule has 23 nitrogen and oxygen atoms in total. The van der Waals surface area contributed by atoms with Gasteiger partial charge in [0.1, 0.15) is 12.6 Å². The Morgan fingerprint density at radius 3 is 0.919 bits per heavy atom. The molecule has 31 heteroatoms. The molecule has 4 heterocycles. The van der Waals surface area contributed by atoms with Crippen molar-refractivity contribution in [2.24, 2.45) is 0 Å². The van der Waals surface area contributed by atoms with Gasteiger partial charge in [0, 0.05) is 86.8 Å². The van der Waals surface area contributed by atoms with Crippen molar-refractivity contribution in [2.75, 3.05) is 49.6 Å². The van der Waals surface area contributed by atoms with Gasteiger partial charge in [-0.3, -0.25) is 42.5 Å². The van der Waals surface area contributed by atoms with Crippen LogP contribution in [-0.2, 0) is 23.9 Å². The molecule has 0 aliphatic carbocycles. The number of thiophene rings is 1. The van der Waals surface area contributed by atoms with Crippen LogP contribution in [0.2, 0.25) is 0 Å². The summed E-state index contributed by atoms with van der Waals surface area (Å²) in [5.41, 5.74) is 20.4. The number of benzene rings is 11. The Balaban J connectivity index is 0.000000207. The number of H-pyrrole nitrogens is 1. The van der Waals surface area contributed by atoms with E-state index in [-0.39, 0.29) is 51.9 Å². The van der Waals surface area contributed by atoms with Gasteiger partial charge in [0.2, 0.25) is 0 Å². The lowest BCUT2D eigenvalue weighted by atomic mass is 10.0. The minimum absolute atomic E-state index is 0.0124. The second-order valence-electron chi connectivity index (χ2n) is 36.2. The molecule has 15 aromatic rings. The van der Waals surface area contributed by atoms with Crippen LogP contribution in [0.4, 0.5) is 58.7 Å². The first-order valence-corrected chi connectivity index (χ1v) is 51.1. The van der Waals surface area contributed by atoms with E-state index in [9.17, 15) is 59.9 Å². The lowest BCUT2D eigenvalue weighted by Gasteiger charge is -2.13. The summed E-state index contributed by atoms with van der Waals surface area (Å²) in [7, 11) is -2.65. The highest BCUT2D eigenvalue weighted by atomic mass is 35.6. The third-order valence-electron chi connectivity index (χ3n) is 22.1. The standard InChI is InChI=1S/C22H21NO.C17H19NO4S.C14H15N3O.C14H16N2O.C14H15NO2.C14H15NOS.C11H12Cl3NO.C11H12F3NO/c1-16(2)20-9-6-10-21(15-20)23-22(24)19-13-11-18(12-14-19)17-7-4-3-5-8-17;1-12(2)14-5-4-6-15(11-14)18-17(19)13-7-9-16(10-8-13)23(20,21)22-3;1-10(2)11-4-3-5-13(6-11)17-14(18)12-7-15-9-16-8-12;1-10(2)11-4-3-5-13(8-11)16-14(17)12-6-7-15-9-12;2*1-10(2)11-4-3-5-13(8-11)15-14(16)12-6-7-17-9-12;2*1-7(2)8-4-3-5-9(6-8)15-10(16)11(12,13)14/h3-16H,1-2H3,(H,23,24);4-12H,1-3H3,(H,18,19);3-10H,1-2H3,(H,17,18);3-10,15H,1-2H3,(H,16,17);2*3-10H,1-2H3,(H,15,16);2*3-7H,1-2H3,(H,15,16). The molecular formula is C117H125Cl3F3N11O12S2. The van der Waals surface area contributed by atoms with Crippen LogP contribution in [0.15, 0.2) is 355 Å². The molecular weight excluding hydrogens is 1980 g/mol. The van der Waals surface area contributed by atoms with E-state index in [0.717, 1.165) is 63.4 Å². The fraction of sp³-hybridized carbons (Fsp3) is 0.231. The number of halogens is 6. The van der Waals surface area contributed by atoms with Crippen LogP contribution in [0.1, 0.15) is 265 Å². The minimum Gasteiger partial charge on any atom is -0.472 e. The number of anilines is 8. The second kappa shape index (κ2) is 58.4. The van der Waals surface area contributed by atoms with Crippen molar-refractivity contribution >= 4 is 149 Å². The van der Waals surface area contributed by atoms with Gasteiger partial charge < -0.3 is 51.9 Å². The van der Waals surface area contributed by atoms with Crippen molar-refractivity contribution in [1.29, 1.82) is 0 Å². The van der Waals surface area contributed by atoms with Gasteiger partial charge in [-0.15, -0.1) is 0 Å². The zero-order valence-electron chi connectivity index (χ0n) is 85.4. The number of aromatic amines is 1. The molecule has 148 heavy (non-hydrogen) atoms. The summed E-state index contributed by atoms with van der Waals surface area (Å²) in [5, 5.41) is 25.3. The lowest BCUT2D eigenvalue weighted by molar-refractivity contribution is -0.167. The number of nitrogens with one attached hydrogen (secondary N) is 9. The summed E-state index contributed by atoms with van der Waals surface area (Å²) in [6.07, 6.45) is 5.87. The average molecular weight is 2100 g/mol. The Labute approximate surface area is 883 Å². The highest BCUT2D eigenvalue weighted by Gasteiger charge is 2.39. The first kappa shape index (κ1) is 118. The Morgan fingerprint density at radius 1 is 0.338 bits per heavy atom. The van der Waals surface area contributed by atoms with Crippen LogP contribution in [0.5, 0.6) is 0 Å². The average Bonchev–Trinajstić information content (AvgIpc) is 0.864. The maximum Gasteiger partial charge on any atom is 0.471 e. The van der Waals surface area contributed by atoms with Gasteiger partial charge in [-0.1, -0.05) is 285 Å². The predicted molar refractivity (Wildman–Crippen MR) is 594 cm³/mol. The number of nitrogens with zero attached hydrogens (tertiary/aromatic N) is 2. The maximum absolute atomic E-state index is 12.4. The SMILES string of the molecule is CC(C)c1cccc(NC(=O)C(Cl)(Cl)Cl)c1.CC(C)c1cccc(NC(=O)C(F)(F)F)c1.CC(C)c1cccc(NC(=O)c2cc[nH]c2)c1.CC(C)c1cccc(NC(=O)c2ccc(-c3ccccc3)cc2)c1.CC(C)c1cccc(NC(=O)c2ccoc2)c1.CC(C)c1cccc(NC(=O)c2ccsc2)c1.CC(C)c1cccc(NC(=O)c2cncnc2)c1.COS(=O)(=O)c1ccc(C(=O)Nc2cccc(C(C)C)c2)cc1. The molecule has 0 aliphatic rings. The molecule has 8 amide bonds. The zero-order chi connectivity index (χ0) is 108. The van der Waals surface area contributed by atoms with E-state index in [0.29, 0.717) is 86.2 Å². The number of carbonyl (C=O) groups is 8. The van der Waals surface area contributed by atoms with E-state index in [1.54, 1.807) is 42.7 Å². The molecule has 0 unspecified atom stereocenters. The van der Waals surface area contributed by atoms with Gasteiger partial charge in [0.15, 0.2) is 0 Å². The second-order valence-corrected chi connectivity index (χ2v) is 41.0. The van der Waals surface area contributed by atoms with Crippen LogP contribution in [-0.4, -0.2) is 87.7 Å². The molecule has 0 saturated heterocycles. The number of carbonyl (C=O) groups excluding carboxylic acids is 8. The molecule has 15 rings (SSSR count). The van der Waals surface area contributed by atoms with Crippen LogP contribution < -0.4 is 42.5 Å². The summed E-state index contributed by atoms with van der Waals surface area (Å²) in [6, 6.07) is 89.7. The molecule has 0 saturated carbocycles. The number of furan rings is 1. The number of hydrogen-bond acceptors (Lipinski definition) is 15. The smallest absolute Gasteiger partial charge is 0.471 e. The molecule has 0 atom stereocenters. The highest BCUT2D eigenvalue weighted by Crippen LogP contribution is 2.32. The molecule has 9 N–H and O–H groups in total. The van der Waals surface area contributed by atoms with Crippen LogP contribution in [0, 0.1) is 0 Å². The molecule has 11 aromatic carbocycles. The molecule has 0 bridgehead atoms. The van der Waals surface area contributed by atoms with E-state index >= 15 is 0 Å². The van der Waals surface area contributed by atoms with Gasteiger partial charge >= 0.3 is 12.1 Å². The molecule has 0 fully saturated rings. The maximum atomic E-state index is 12.4. The van der Waals surface area contributed by atoms with Crippen LogP contribution in [0.3, 0.4) is 0 Å². The Kier molecular flexibility index (Phi) is 46.7. The Hall–Kier alpha value is -14.9. The van der Waals surface area contributed by atoms with Crippen molar-refractivity contribution < 1.29 is 68.5 Å². The predicted octanol–water partition coefficient (Wildman–Crippen LogP) is 30.6. The number of hydrogen-bond donors (Lipinski definition) is 9. The van der Waals surface area contributed by atoms with Gasteiger partial charge in [0.25, 0.3) is 55.3 Å². The van der Waals surface area contributed by atoms with Gasteiger partial charge in [-0.25, -0.2) is 9.97 Å². The minimum atomic E-state index is -4.85. The van der Waals surface area contributed by atoms with Crippen molar-refractivity contribution in [3.05, 3.63) is 423 Å². The fourth-order valence-corrected chi connectivity index (χ4v) is 14.9. The van der Waals surface area contributed by atoms with E-state index < -0.39 is 31.9 Å². The Morgan fingerprint density at radius 2 is 0.635 bits per heavy atom. The monoisotopic (exact) mass is 2100 g/mol. The normalized spacial score (nSPS) is 10.9. The molecule has 774 valence electrons. The van der Waals surface area contributed by atoms with E-state index in [2.05, 4.69) is 190 Å². The summed E-state index contributed by atoms with van der Waals surface area (Å²) < 4.78 is 66.4. The number of aromatic nitrogens is 3. The van der Waals surface area contributed by atoms with Crippen molar-refractivity contribution in [3.8, 4) is 11.1 Å². The number of amides is 8. The van der Waals surface area contributed by atoms with Crippen molar-refractivity contribution in [2.45, 2.75) is 173 Å². The first-order chi connectivity index (χ1) is 70.2. The fourth-order valence-electron chi connectivity index (χ4n) is 13.4. The van der Waals surface area contributed by atoms with Crippen molar-refractivity contribution in [3.63, 3.8) is 0 Å². The molecule has 0 aliphatic heterocycles. The van der Waals surface area contributed by atoms with E-state index in [1.807, 2.05) is 218 Å². The van der Waals surface area contributed by atoms with Crippen molar-refractivity contribution in [1.82, 2.24) is 15.0 Å². The van der Waals surface area contributed by atoms with Crippen LogP contribution in [0.25, 0.3) is 11.1 Å². The molecule has 4 aromatic heterocycles. The van der Waals surface area contributed by atoms with Gasteiger partial charge in [-0.2, -0.15) is 32.9 Å². The quantitative estimate of drug-likeness (QED) is 0.0190. The third-order valence-corrected chi connectivity index (χ3v) is 24.6. The highest BCUT2D eigenvalue weighted by molar-refractivity contribution is 7.86. The largest absolute Gasteiger partial charge is 0.472 e. The van der Waals surface area contributed by atoms with E-state index in [1.165, 1.54) is 107 Å². The summed E-state index contributed by atoms with van der Waals surface area (Å²) in [5.74, 6) is -0.301. The number of rotatable bonds is 25. The molecule has 0 spiro atoms. The van der Waals surface area contributed by atoms with Gasteiger partial charge in [-0.05, 0) is 260 Å². The van der Waals surface area contributed by atoms with Gasteiger partial charge in [0.05, 0.1) is 40.5 Å². The van der Waals surface area contributed by atoms with E-state index in [4.69, 9.17) is 39.2 Å². The Bertz CT molecular complexity index is 6590. The topological polar surface area (TPSA) is 331 Å². The first-order valence-electron chi connectivity index (χ1n) is 47.7. The summed E-state index contributed by atoms with van der Waals surface area (Å²) >= 11 is 17.9. The number of alkyl halides is 6. The summed E-state index contributed by atoms with van der Waals surface area (Å²) in [4.78, 5) is 105.